The van der Waals surface area contributed by atoms with Gasteiger partial charge in [-0.25, -0.2) is 4.98 Å². The molecule has 0 saturated carbocycles. The fraction of sp³-hybridized carbons (Fsp3) is 0.235. The summed E-state index contributed by atoms with van der Waals surface area (Å²) >= 11 is 0. The third-order valence-corrected chi connectivity index (χ3v) is 3.82. The van der Waals surface area contributed by atoms with Crippen LogP contribution in [0.15, 0.2) is 36.5 Å². The van der Waals surface area contributed by atoms with Crippen LogP contribution in [0.2, 0.25) is 0 Å². The molecule has 3 rings (SSSR count). The van der Waals surface area contributed by atoms with Gasteiger partial charge in [-0.1, -0.05) is 30.3 Å². The first kappa shape index (κ1) is 15.0. The topological polar surface area (TPSA) is 77.7 Å². The van der Waals surface area contributed by atoms with Crippen LogP contribution in [0.1, 0.15) is 27.4 Å². The van der Waals surface area contributed by atoms with E-state index in [1.807, 2.05) is 44.2 Å². The molecule has 2 aromatic heterocycles. The number of aryl methyl sites for hydroxylation is 2. The van der Waals surface area contributed by atoms with Gasteiger partial charge in [0.15, 0.2) is 0 Å². The molecule has 2 heterocycles. The Morgan fingerprint density at radius 2 is 1.91 bits per heavy atom. The number of benzene rings is 1. The lowest BCUT2D eigenvalue weighted by Crippen LogP contribution is -2.27. The van der Waals surface area contributed by atoms with Crippen molar-refractivity contribution in [2.75, 3.05) is 7.05 Å². The summed E-state index contributed by atoms with van der Waals surface area (Å²) in [6.07, 6.45) is 1.74. The fourth-order valence-electron chi connectivity index (χ4n) is 2.44. The van der Waals surface area contributed by atoms with Crippen LogP contribution >= 0.6 is 0 Å². The second-order valence-electron chi connectivity index (χ2n) is 5.61. The number of hydrogen-bond donors (Lipinski definition) is 2. The van der Waals surface area contributed by atoms with E-state index in [2.05, 4.69) is 20.2 Å². The Hall–Kier alpha value is -2.89. The molecule has 6 nitrogen and oxygen atoms in total. The third-order valence-electron chi connectivity index (χ3n) is 3.82. The molecule has 6 heteroatoms. The minimum atomic E-state index is -0.110. The molecule has 0 radical (unpaired) electrons. The lowest BCUT2D eigenvalue weighted by Gasteiger charge is -2.15. The molecule has 0 spiro atoms. The van der Waals surface area contributed by atoms with E-state index >= 15 is 0 Å². The summed E-state index contributed by atoms with van der Waals surface area (Å²) in [5, 5.41) is 6.86. The molecule has 0 aliphatic carbocycles. The minimum absolute atomic E-state index is 0.110. The van der Waals surface area contributed by atoms with Gasteiger partial charge in [0, 0.05) is 36.1 Å². The molecule has 1 amide bonds. The maximum absolute atomic E-state index is 12.7. The second-order valence-corrected chi connectivity index (χ2v) is 5.61. The number of carbonyl (C=O) groups is 1. The highest BCUT2D eigenvalue weighted by Gasteiger charge is 2.20. The number of hydrogen-bond acceptors (Lipinski definition) is 3. The summed E-state index contributed by atoms with van der Waals surface area (Å²) in [4.78, 5) is 22.0. The molecule has 0 atom stereocenters. The van der Waals surface area contributed by atoms with E-state index in [1.165, 1.54) is 0 Å². The summed E-state index contributed by atoms with van der Waals surface area (Å²) in [7, 11) is 1.77. The van der Waals surface area contributed by atoms with Crippen molar-refractivity contribution in [1.82, 2.24) is 25.1 Å². The van der Waals surface area contributed by atoms with Gasteiger partial charge in [-0.15, -0.1) is 0 Å². The van der Waals surface area contributed by atoms with Gasteiger partial charge in [0.05, 0.1) is 6.20 Å². The van der Waals surface area contributed by atoms with Crippen LogP contribution in [0.25, 0.3) is 11.4 Å². The molecule has 3 aromatic rings. The van der Waals surface area contributed by atoms with E-state index in [4.69, 9.17) is 0 Å². The largest absolute Gasteiger partial charge is 0.341 e. The van der Waals surface area contributed by atoms with Crippen LogP contribution in [0, 0.1) is 13.8 Å². The first-order valence-electron chi connectivity index (χ1n) is 7.42. The predicted molar refractivity (Wildman–Crippen MR) is 87.9 cm³/mol. The summed E-state index contributed by atoms with van der Waals surface area (Å²) in [6.45, 7) is 4.30. The van der Waals surface area contributed by atoms with Gasteiger partial charge in [0.1, 0.15) is 11.5 Å². The zero-order valence-corrected chi connectivity index (χ0v) is 13.4. The highest BCUT2D eigenvalue weighted by Crippen LogP contribution is 2.19. The Kier molecular flexibility index (Phi) is 3.97. The lowest BCUT2D eigenvalue weighted by molar-refractivity contribution is 0.0779. The number of imidazole rings is 1. The third kappa shape index (κ3) is 3.01. The first-order valence-corrected chi connectivity index (χ1v) is 7.42. The van der Waals surface area contributed by atoms with Crippen molar-refractivity contribution in [3.8, 4) is 11.4 Å². The van der Waals surface area contributed by atoms with Crippen LogP contribution in [0.4, 0.5) is 0 Å². The SMILES string of the molecule is Cc1[nH]ncc1CN(C)C(=O)c1nc(-c2ccccc2)[nH]c1C. The normalized spacial score (nSPS) is 10.7. The number of aromatic nitrogens is 4. The van der Waals surface area contributed by atoms with Crippen molar-refractivity contribution < 1.29 is 4.79 Å². The average molecular weight is 309 g/mol. The van der Waals surface area contributed by atoms with Crippen LogP contribution in [0.5, 0.6) is 0 Å². The Balaban J connectivity index is 1.82. The molecule has 23 heavy (non-hydrogen) atoms. The van der Waals surface area contributed by atoms with Gasteiger partial charge in [0.2, 0.25) is 0 Å². The number of aromatic amines is 2. The highest BCUT2D eigenvalue weighted by atomic mass is 16.2. The average Bonchev–Trinajstić information content (AvgIpc) is 3.14. The number of carbonyl (C=O) groups excluding carboxylic acids is 1. The lowest BCUT2D eigenvalue weighted by atomic mass is 10.2. The van der Waals surface area contributed by atoms with E-state index in [1.54, 1.807) is 18.1 Å². The summed E-state index contributed by atoms with van der Waals surface area (Å²) in [6, 6.07) is 9.77. The van der Waals surface area contributed by atoms with E-state index in [-0.39, 0.29) is 5.91 Å². The van der Waals surface area contributed by atoms with Crippen molar-refractivity contribution in [1.29, 1.82) is 0 Å². The quantitative estimate of drug-likeness (QED) is 0.778. The van der Waals surface area contributed by atoms with Crippen molar-refractivity contribution in [3.05, 3.63) is 59.2 Å². The minimum Gasteiger partial charge on any atom is -0.341 e. The Bertz CT molecular complexity index is 819. The molecule has 0 saturated heterocycles. The van der Waals surface area contributed by atoms with Crippen molar-refractivity contribution in [2.45, 2.75) is 20.4 Å². The molecule has 0 fully saturated rings. The predicted octanol–water partition coefficient (Wildman–Crippen LogP) is 2.69. The van der Waals surface area contributed by atoms with Crippen molar-refractivity contribution >= 4 is 5.91 Å². The monoisotopic (exact) mass is 309 g/mol. The maximum atomic E-state index is 12.7. The first-order chi connectivity index (χ1) is 11.1. The summed E-state index contributed by atoms with van der Waals surface area (Å²) < 4.78 is 0. The van der Waals surface area contributed by atoms with Crippen molar-refractivity contribution in [2.24, 2.45) is 0 Å². The second kappa shape index (κ2) is 6.08. The fourth-order valence-corrected chi connectivity index (χ4v) is 2.44. The van der Waals surface area contributed by atoms with Crippen LogP contribution in [-0.4, -0.2) is 38.0 Å². The maximum Gasteiger partial charge on any atom is 0.274 e. The number of H-pyrrole nitrogens is 2. The Labute approximate surface area is 134 Å². The van der Waals surface area contributed by atoms with Gasteiger partial charge in [-0.05, 0) is 13.8 Å². The molecule has 0 unspecified atom stereocenters. The van der Waals surface area contributed by atoms with Crippen LogP contribution < -0.4 is 0 Å². The van der Waals surface area contributed by atoms with E-state index in [0.29, 0.717) is 18.1 Å². The molecule has 1 aromatic carbocycles. The van der Waals surface area contributed by atoms with Gasteiger partial charge >= 0.3 is 0 Å². The number of nitrogens with one attached hydrogen (secondary N) is 2. The molecule has 0 aliphatic heterocycles. The smallest absolute Gasteiger partial charge is 0.274 e. The zero-order valence-electron chi connectivity index (χ0n) is 13.4. The highest BCUT2D eigenvalue weighted by molar-refractivity contribution is 5.93. The molecule has 0 aliphatic rings. The molecule has 118 valence electrons. The standard InChI is InChI=1S/C17H19N5O/c1-11-14(9-18-21-11)10-22(3)17(23)15-12(2)19-16(20-15)13-7-5-4-6-8-13/h4-9H,10H2,1-3H3,(H,18,21)(H,19,20). The van der Waals surface area contributed by atoms with Gasteiger partial charge in [0.25, 0.3) is 5.91 Å². The van der Waals surface area contributed by atoms with E-state index in [9.17, 15) is 4.79 Å². The number of amides is 1. The van der Waals surface area contributed by atoms with Crippen LogP contribution in [0.3, 0.4) is 0 Å². The Morgan fingerprint density at radius 3 is 2.57 bits per heavy atom. The van der Waals surface area contributed by atoms with Crippen molar-refractivity contribution in [3.63, 3.8) is 0 Å². The molecule has 2 N–H and O–H groups in total. The van der Waals surface area contributed by atoms with Crippen LogP contribution in [-0.2, 0) is 6.54 Å². The summed E-state index contributed by atoms with van der Waals surface area (Å²) in [5.74, 6) is 0.598. The zero-order chi connectivity index (χ0) is 16.4. The molecular weight excluding hydrogens is 290 g/mol. The van der Waals surface area contributed by atoms with E-state index < -0.39 is 0 Å². The Morgan fingerprint density at radius 1 is 1.17 bits per heavy atom. The number of rotatable bonds is 4. The van der Waals surface area contributed by atoms with Gasteiger partial charge in [-0.2, -0.15) is 5.10 Å². The van der Waals surface area contributed by atoms with Gasteiger partial charge in [-0.3, -0.25) is 9.89 Å². The van der Waals surface area contributed by atoms with Gasteiger partial charge < -0.3 is 9.88 Å². The molecule has 0 bridgehead atoms. The van der Waals surface area contributed by atoms with E-state index in [0.717, 1.165) is 22.5 Å². The summed E-state index contributed by atoms with van der Waals surface area (Å²) in [5.41, 5.74) is 4.14. The molecular formula is C17H19N5O. The number of nitrogens with zero attached hydrogens (tertiary/aromatic N) is 3.